The molecule has 1 aliphatic carbocycles. The van der Waals surface area contributed by atoms with Gasteiger partial charge in [-0.25, -0.2) is 0 Å². The van der Waals surface area contributed by atoms with Crippen LogP contribution in [0.15, 0.2) is 48.5 Å². The number of benzene rings is 2. The van der Waals surface area contributed by atoms with E-state index in [4.69, 9.17) is 21.1 Å². The first-order chi connectivity index (χ1) is 12.1. The summed E-state index contributed by atoms with van der Waals surface area (Å²) in [4.78, 5) is 14.3. The van der Waals surface area contributed by atoms with Crippen LogP contribution in [0.1, 0.15) is 17.9 Å². The summed E-state index contributed by atoms with van der Waals surface area (Å²) in [6, 6.07) is 15.2. The van der Waals surface area contributed by atoms with Gasteiger partial charge in [0, 0.05) is 18.0 Å². The summed E-state index contributed by atoms with van der Waals surface area (Å²) in [7, 11) is 3.45. The van der Waals surface area contributed by atoms with Crippen molar-refractivity contribution < 1.29 is 14.3 Å². The molecule has 1 saturated carbocycles. The fraction of sp³-hybridized carbons (Fsp3) is 0.350. The maximum Gasteiger partial charge on any atom is 0.226 e. The summed E-state index contributed by atoms with van der Waals surface area (Å²) < 4.78 is 10.8. The molecule has 0 aliphatic heterocycles. The van der Waals surface area contributed by atoms with Crippen LogP contribution < -0.4 is 9.47 Å². The van der Waals surface area contributed by atoms with E-state index in [1.165, 1.54) is 0 Å². The fourth-order valence-electron chi connectivity index (χ4n) is 2.95. The van der Waals surface area contributed by atoms with Gasteiger partial charge in [0.25, 0.3) is 0 Å². The van der Waals surface area contributed by atoms with E-state index in [9.17, 15) is 4.79 Å². The highest BCUT2D eigenvalue weighted by atomic mass is 35.5. The minimum absolute atomic E-state index is 0.0332. The highest BCUT2D eigenvalue weighted by Crippen LogP contribution is 2.50. The lowest BCUT2D eigenvalue weighted by molar-refractivity contribution is -0.131. The number of likely N-dealkylation sites (N-methyl/N-ethyl adjacent to an activating group) is 1. The van der Waals surface area contributed by atoms with Crippen LogP contribution in [0.25, 0.3) is 0 Å². The molecule has 0 spiro atoms. The van der Waals surface area contributed by atoms with Gasteiger partial charge in [-0.15, -0.1) is 0 Å². The van der Waals surface area contributed by atoms with Gasteiger partial charge >= 0.3 is 0 Å². The summed E-state index contributed by atoms with van der Waals surface area (Å²) >= 11 is 6.23. The lowest BCUT2D eigenvalue weighted by atomic mass is 10.1. The monoisotopic (exact) mass is 359 g/mol. The highest BCUT2D eigenvalue weighted by Gasteiger charge is 2.45. The molecule has 2 atom stereocenters. The van der Waals surface area contributed by atoms with E-state index in [1.807, 2.05) is 55.6 Å². The molecule has 2 aromatic rings. The molecule has 1 amide bonds. The average Bonchev–Trinajstić information content (AvgIpc) is 3.42. The Kier molecular flexibility index (Phi) is 5.49. The van der Waals surface area contributed by atoms with Crippen molar-refractivity contribution in [1.82, 2.24) is 4.90 Å². The molecule has 2 unspecified atom stereocenters. The summed E-state index contributed by atoms with van der Waals surface area (Å²) in [5.74, 6) is 1.99. The number of carbonyl (C=O) groups is 1. The number of carbonyl (C=O) groups excluding carboxylic acids is 1. The number of halogens is 1. The largest absolute Gasteiger partial charge is 0.497 e. The van der Waals surface area contributed by atoms with E-state index in [2.05, 4.69) is 0 Å². The molecule has 0 bridgehead atoms. The van der Waals surface area contributed by atoms with Gasteiger partial charge in [-0.05, 0) is 48.2 Å². The Bertz CT molecular complexity index is 732. The highest BCUT2D eigenvalue weighted by molar-refractivity contribution is 6.31. The Hall–Kier alpha value is -2.20. The molecule has 0 saturated heterocycles. The topological polar surface area (TPSA) is 38.8 Å². The normalized spacial score (nSPS) is 18.5. The standard InChI is InChI=1S/C20H22ClNO3/c1-22(11-12-25-15-9-7-14(24-2)8-10-15)20(23)18-13-17(18)16-5-3-4-6-19(16)21/h3-10,17-18H,11-13H2,1-2H3. The predicted octanol–water partition coefficient (Wildman–Crippen LogP) is 3.99. The summed E-state index contributed by atoms with van der Waals surface area (Å²) in [6.07, 6.45) is 0.867. The quantitative estimate of drug-likeness (QED) is 0.750. The van der Waals surface area contributed by atoms with Crippen LogP contribution in [0.4, 0.5) is 0 Å². The zero-order valence-corrected chi connectivity index (χ0v) is 15.2. The molecule has 0 N–H and O–H groups in total. The van der Waals surface area contributed by atoms with Gasteiger partial charge in [0.1, 0.15) is 18.1 Å². The third kappa shape index (κ3) is 4.26. The minimum atomic E-state index is 0.0332. The van der Waals surface area contributed by atoms with Crippen molar-refractivity contribution >= 4 is 17.5 Å². The molecule has 132 valence electrons. The van der Waals surface area contributed by atoms with Crippen LogP contribution in [0, 0.1) is 5.92 Å². The number of nitrogens with zero attached hydrogens (tertiary/aromatic N) is 1. The number of amides is 1. The molecule has 0 radical (unpaired) electrons. The van der Waals surface area contributed by atoms with Gasteiger partial charge in [0.2, 0.25) is 5.91 Å². The smallest absolute Gasteiger partial charge is 0.226 e. The Morgan fingerprint density at radius 3 is 2.52 bits per heavy atom. The van der Waals surface area contributed by atoms with E-state index < -0.39 is 0 Å². The van der Waals surface area contributed by atoms with Crippen LogP contribution in [0.2, 0.25) is 5.02 Å². The van der Waals surface area contributed by atoms with E-state index in [1.54, 1.807) is 12.0 Å². The van der Waals surface area contributed by atoms with Gasteiger partial charge in [-0.3, -0.25) is 4.79 Å². The third-order valence-corrected chi connectivity index (χ3v) is 4.89. The first-order valence-electron chi connectivity index (χ1n) is 8.36. The molecule has 3 rings (SSSR count). The van der Waals surface area contributed by atoms with Gasteiger partial charge in [0.05, 0.1) is 13.7 Å². The van der Waals surface area contributed by atoms with Crippen molar-refractivity contribution in [2.45, 2.75) is 12.3 Å². The molecular formula is C20H22ClNO3. The molecule has 5 heteroatoms. The number of hydrogen-bond donors (Lipinski definition) is 0. The van der Waals surface area contributed by atoms with Crippen molar-refractivity contribution in [3.8, 4) is 11.5 Å². The van der Waals surface area contributed by atoms with Gasteiger partial charge in [0.15, 0.2) is 0 Å². The zero-order chi connectivity index (χ0) is 17.8. The molecule has 0 aromatic heterocycles. The second kappa shape index (κ2) is 7.79. The lowest BCUT2D eigenvalue weighted by Gasteiger charge is -2.18. The van der Waals surface area contributed by atoms with E-state index in [-0.39, 0.29) is 17.7 Å². The van der Waals surface area contributed by atoms with E-state index >= 15 is 0 Å². The van der Waals surface area contributed by atoms with Crippen LogP contribution >= 0.6 is 11.6 Å². The average molecular weight is 360 g/mol. The summed E-state index contributed by atoms with van der Waals surface area (Å²) in [5, 5.41) is 0.744. The molecule has 1 aliphatic rings. The van der Waals surface area contributed by atoms with Crippen molar-refractivity contribution in [1.29, 1.82) is 0 Å². The van der Waals surface area contributed by atoms with Crippen LogP contribution in [-0.4, -0.2) is 38.1 Å². The van der Waals surface area contributed by atoms with Crippen molar-refractivity contribution in [2.24, 2.45) is 5.92 Å². The maximum atomic E-state index is 12.5. The summed E-state index contributed by atoms with van der Waals surface area (Å²) in [5.41, 5.74) is 1.07. The van der Waals surface area contributed by atoms with Crippen molar-refractivity contribution in [3.63, 3.8) is 0 Å². The Labute approximate surface area is 153 Å². The minimum Gasteiger partial charge on any atom is -0.497 e. The fourth-order valence-corrected chi connectivity index (χ4v) is 3.23. The zero-order valence-electron chi connectivity index (χ0n) is 14.4. The van der Waals surface area contributed by atoms with Gasteiger partial charge < -0.3 is 14.4 Å². The molecule has 1 fully saturated rings. The first kappa shape index (κ1) is 17.6. The van der Waals surface area contributed by atoms with Crippen LogP contribution in [0.5, 0.6) is 11.5 Å². The number of rotatable bonds is 7. The second-order valence-electron chi connectivity index (χ2n) is 6.25. The Morgan fingerprint density at radius 2 is 1.84 bits per heavy atom. The number of hydrogen-bond acceptors (Lipinski definition) is 3. The van der Waals surface area contributed by atoms with Gasteiger partial charge in [-0.1, -0.05) is 29.8 Å². The maximum absolute atomic E-state index is 12.5. The molecule has 2 aromatic carbocycles. The lowest BCUT2D eigenvalue weighted by Crippen LogP contribution is -2.32. The molecular weight excluding hydrogens is 338 g/mol. The molecule has 4 nitrogen and oxygen atoms in total. The van der Waals surface area contributed by atoms with E-state index in [0.29, 0.717) is 13.2 Å². The van der Waals surface area contributed by atoms with Crippen LogP contribution in [0.3, 0.4) is 0 Å². The Morgan fingerprint density at radius 1 is 1.16 bits per heavy atom. The number of ether oxygens (including phenoxy) is 2. The Balaban J connectivity index is 1.46. The molecule has 0 heterocycles. The molecule has 25 heavy (non-hydrogen) atoms. The summed E-state index contributed by atoms with van der Waals surface area (Å²) in [6.45, 7) is 1.01. The van der Waals surface area contributed by atoms with Gasteiger partial charge in [-0.2, -0.15) is 0 Å². The first-order valence-corrected chi connectivity index (χ1v) is 8.74. The second-order valence-corrected chi connectivity index (χ2v) is 6.66. The van der Waals surface area contributed by atoms with Crippen LogP contribution in [-0.2, 0) is 4.79 Å². The third-order valence-electron chi connectivity index (χ3n) is 4.54. The van der Waals surface area contributed by atoms with Crippen molar-refractivity contribution in [3.05, 3.63) is 59.1 Å². The van der Waals surface area contributed by atoms with Crippen molar-refractivity contribution in [2.75, 3.05) is 27.3 Å². The predicted molar refractivity (Wildman–Crippen MR) is 98.4 cm³/mol. The number of methoxy groups -OCH3 is 1. The SMILES string of the molecule is COc1ccc(OCCN(C)C(=O)C2CC2c2ccccc2Cl)cc1. The van der Waals surface area contributed by atoms with E-state index in [0.717, 1.165) is 28.5 Å².